The summed E-state index contributed by atoms with van der Waals surface area (Å²) in [6, 6.07) is 5.24. The average Bonchev–Trinajstić information content (AvgIpc) is 3.04. The predicted molar refractivity (Wildman–Crippen MR) is 102 cm³/mol. The van der Waals surface area contributed by atoms with Crippen molar-refractivity contribution in [3.8, 4) is 0 Å². The summed E-state index contributed by atoms with van der Waals surface area (Å²) in [5.41, 5.74) is 0.758. The Morgan fingerprint density at radius 3 is 2.92 bits per heavy atom. The third-order valence-corrected chi connectivity index (χ3v) is 5.02. The highest BCUT2D eigenvalue weighted by Gasteiger charge is 2.20. The second-order valence-electron chi connectivity index (χ2n) is 6.27. The Bertz CT molecular complexity index is 550. The van der Waals surface area contributed by atoms with Crippen LogP contribution < -0.4 is 10.6 Å². The maximum absolute atomic E-state index is 13.8. The first-order valence-corrected chi connectivity index (χ1v) is 9.52. The standard InChI is InChI=1S/C18H28BrFN4/c1-3-24-10-8-14(13-24)12-23-18(21-2)22-9-4-5-15-6-7-16(19)11-17(15)20/h6-7,11,14H,3-5,8-10,12-13H2,1-2H3,(H2,21,22,23). The van der Waals surface area contributed by atoms with Crippen LogP contribution in [0.3, 0.4) is 0 Å². The summed E-state index contributed by atoms with van der Waals surface area (Å²) in [5, 5.41) is 6.72. The maximum Gasteiger partial charge on any atom is 0.190 e. The van der Waals surface area contributed by atoms with Gasteiger partial charge in [-0.05, 0) is 56.0 Å². The quantitative estimate of drug-likeness (QED) is 0.421. The van der Waals surface area contributed by atoms with Crippen molar-refractivity contribution in [1.29, 1.82) is 0 Å². The highest BCUT2D eigenvalue weighted by atomic mass is 79.9. The van der Waals surface area contributed by atoms with Crippen LogP contribution in [-0.2, 0) is 6.42 Å². The molecule has 0 aromatic heterocycles. The van der Waals surface area contributed by atoms with E-state index in [9.17, 15) is 4.39 Å². The number of hydrogen-bond acceptors (Lipinski definition) is 2. The SMILES string of the molecule is CCN1CCC(CNC(=NC)NCCCc2ccc(Br)cc2F)C1. The predicted octanol–water partition coefficient (Wildman–Crippen LogP) is 3.03. The zero-order valence-electron chi connectivity index (χ0n) is 14.6. The lowest BCUT2D eigenvalue weighted by Crippen LogP contribution is -2.40. The Morgan fingerprint density at radius 1 is 1.42 bits per heavy atom. The topological polar surface area (TPSA) is 39.7 Å². The van der Waals surface area contributed by atoms with E-state index < -0.39 is 0 Å². The van der Waals surface area contributed by atoms with Gasteiger partial charge in [-0.1, -0.05) is 28.9 Å². The zero-order valence-corrected chi connectivity index (χ0v) is 16.2. The minimum atomic E-state index is -0.145. The smallest absolute Gasteiger partial charge is 0.190 e. The number of halogens is 2. The van der Waals surface area contributed by atoms with E-state index in [1.807, 2.05) is 12.1 Å². The van der Waals surface area contributed by atoms with Gasteiger partial charge in [0.25, 0.3) is 0 Å². The lowest BCUT2D eigenvalue weighted by atomic mass is 10.1. The van der Waals surface area contributed by atoms with Gasteiger partial charge in [0.15, 0.2) is 5.96 Å². The van der Waals surface area contributed by atoms with Crippen LogP contribution in [0.4, 0.5) is 4.39 Å². The van der Waals surface area contributed by atoms with Crippen LogP contribution in [0.15, 0.2) is 27.7 Å². The Balaban J connectivity index is 1.65. The fourth-order valence-electron chi connectivity index (χ4n) is 3.04. The number of nitrogens with one attached hydrogen (secondary N) is 2. The zero-order chi connectivity index (χ0) is 17.4. The van der Waals surface area contributed by atoms with Gasteiger partial charge >= 0.3 is 0 Å². The summed E-state index contributed by atoms with van der Waals surface area (Å²) >= 11 is 3.28. The summed E-state index contributed by atoms with van der Waals surface area (Å²) in [7, 11) is 1.79. The Labute approximate surface area is 153 Å². The van der Waals surface area contributed by atoms with Crippen molar-refractivity contribution in [2.24, 2.45) is 10.9 Å². The molecule has 6 heteroatoms. The monoisotopic (exact) mass is 398 g/mol. The lowest BCUT2D eigenvalue weighted by Gasteiger charge is -2.16. The molecule has 24 heavy (non-hydrogen) atoms. The number of aliphatic imine (C=N–C) groups is 1. The average molecular weight is 399 g/mol. The molecule has 1 aliphatic rings. The van der Waals surface area contributed by atoms with Gasteiger partial charge in [-0.3, -0.25) is 4.99 Å². The number of hydrogen-bond donors (Lipinski definition) is 2. The molecular formula is C18H28BrFN4. The van der Waals surface area contributed by atoms with Crippen molar-refractivity contribution in [3.05, 3.63) is 34.1 Å². The molecule has 1 heterocycles. The van der Waals surface area contributed by atoms with Crippen molar-refractivity contribution in [2.45, 2.75) is 26.2 Å². The highest BCUT2D eigenvalue weighted by Crippen LogP contribution is 2.16. The van der Waals surface area contributed by atoms with E-state index in [0.717, 1.165) is 48.5 Å². The van der Waals surface area contributed by atoms with E-state index >= 15 is 0 Å². The van der Waals surface area contributed by atoms with Crippen LogP contribution >= 0.6 is 15.9 Å². The van der Waals surface area contributed by atoms with Crippen LogP contribution in [0.2, 0.25) is 0 Å². The van der Waals surface area contributed by atoms with Crippen LogP contribution in [0, 0.1) is 11.7 Å². The molecule has 2 rings (SSSR count). The molecule has 1 fully saturated rings. The van der Waals surface area contributed by atoms with Crippen LogP contribution in [0.5, 0.6) is 0 Å². The third kappa shape index (κ3) is 6.06. The number of nitrogens with zero attached hydrogens (tertiary/aromatic N) is 2. The third-order valence-electron chi connectivity index (χ3n) is 4.53. The van der Waals surface area contributed by atoms with Crippen molar-refractivity contribution >= 4 is 21.9 Å². The minimum absolute atomic E-state index is 0.145. The molecule has 1 unspecified atom stereocenters. The molecule has 134 valence electrons. The van der Waals surface area contributed by atoms with E-state index in [1.54, 1.807) is 7.05 Å². The lowest BCUT2D eigenvalue weighted by molar-refractivity contribution is 0.342. The molecule has 0 spiro atoms. The Morgan fingerprint density at radius 2 is 2.25 bits per heavy atom. The van der Waals surface area contributed by atoms with Gasteiger partial charge in [0.2, 0.25) is 0 Å². The molecule has 0 aliphatic carbocycles. The van der Waals surface area contributed by atoms with Gasteiger partial charge in [0.05, 0.1) is 0 Å². The van der Waals surface area contributed by atoms with Crippen molar-refractivity contribution < 1.29 is 4.39 Å². The normalized spacial score (nSPS) is 18.8. The van der Waals surface area contributed by atoms with Crippen LogP contribution in [0.25, 0.3) is 0 Å². The van der Waals surface area contributed by atoms with Gasteiger partial charge in [-0.15, -0.1) is 0 Å². The highest BCUT2D eigenvalue weighted by molar-refractivity contribution is 9.10. The first-order valence-electron chi connectivity index (χ1n) is 8.73. The van der Waals surface area contributed by atoms with Crippen LogP contribution in [0.1, 0.15) is 25.3 Å². The van der Waals surface area contributed by atoms with Gasteiger partial charge in [0, 0.05) is 31.2 Å². The second-order valence-corrected chi connectivity index (χ2v) is 7.18. The number of likely N-dealkylation sites (tertiary alicyclic amines) is 1. The molecular weight excluding hydrogens is 371 g/mol. The molecule has 1 atom stereocenters. The van der Waals surface area contributed by atoms with Gasteiger partial charge in [-0.2, -0.15) is 0 Å². The van der Waals surface area contributed by atoms with Gasteiger partial charge in [0.1, 0.15) is 5.82 Å². The molecule has 1 aromatic rings. The Hall–Kier alpha value is -1.14. The summed E-state index contributed by atoms with van der Waals surface area (Å²) in [6.07, 6.45) is 2.84. The first kappa shape index (κ1) is 19.2. The number of rotatable bonds is 7. The van der Waals surface area contributed by atoms with Gasteiger partial charge in [-0.25, -0.2) is 4.39 Å². The molecule has 4 nitrogen and oxygen atoms in total. The van der Waals surface area contributed by atoms with E-state index in [1.165, 1.54) is 25.6 Å². The fraction of sp³-hybridized carbons (Fsp3) is 0.611. The molecule has 1 saturated heterocycles. The van der Waals surface area contributed by atoms with Crippen molar-refractivity contribution in [1.82, 2.24) is 15.5 Å². The van der Waals surface area contributed by atoms with Crippen molar-refractivity contribution in [3.63, 3.8) is 0 Å². The summed E-state index contributed by atoms with van der Waals surface area (Å²) in [4.78, 5) is 6.74. The summed E-state index contributed by atoms with van der Waals surface area (Å²) in [6.45, 7) is 7.45. The van der Waals surface area contributed by atoms with E-state index in [0.29, 0.717) is 5.92 Å². The maximum atomic E-state index is 13.8. The molecule has 0 saturated carbocycles. The first-order chi connectivity index (χ1) is 11.6. The Kier molecular flexibility index (Phi) is 7.99. The fourth-order valence-corrected chi connectivity index (χ4v) is 3.37. The van der Waals surface area contributed by atoms with E-state index in [-0.39, 0.29) is 5.82 Å². The summed E-state index contributed by atoms with van der Waals surface area (Å²) < 4.78 is 14.5. The van der Waals surface area contributed by atoms with E-state index in [2.05, 4.69) is 43.4 Å². The molecule has 0 amide bonds. The number of benzene rings is 1. The summed E-state index contributed by atoms with van der Waals surface area (Å²) in [5.74, 6) is 1.38. The largest absolute Gasteiger partial charge is 0.356 e. The molecule has 1 aromatic carbocycles. The van der Waals surface area contributed by atoms with E-state index in [4.69, 9.17) is 0 Å². The second kappa shape index (κ2) is 9.99. The molecule has 0 radical (unpaired) electrons. The molecule has 0 bridgehead atoms. The van der Waals surface area contributed by atoms with Crippen LogP contribution in [-0.4, -0.2) is 50.6 Å². The van der Waals surface area contributed by atoms with Crippen molar-refractivity contribution in [2.75, 3.05) is 39.8 Å². The minimum Gasteiger partial charge on any atom is -0.356 e. The van der Waals surface area contributed by atoms with Gasteiger partial charge < -0.3 is 15.5 Å². The number of aryl methyl sites for hydroxylation is 1. The molecule has 2 N–H and O–H groups in total. The number of guanidine groups is 1. The molecule has 1 aliphatic heterocycles.